The van der Waals surface area contributed by atoms with E-state index in [1.54, 1.807) is 39.5 Å². The number of nitrogens with one attached hydrogen (secondary N) is 1. The number of aromatic nitrogens is 2. The summed E-state index contributed by atoms with van der Waals surface area (Å²) in [5.74, 6) is 2.67. The van der Waals surface area contributed by atoms with Gasteiger partial charge in [0.25, 0.3) is 5.91 Å². The first kappa shape index (κ1) is 24.7. The number of carbonyl (C=O) groups is 1. The molecular formula is C25H31N5O4S. The maximum atomic E-state index is 12.6. The number of amides is 1. The van der Waals surface area contributed by atoms with Crippen molar-refractivity contribution in [2.75, 3.05) is 65.5 Å². The molecule has 1 aliphatic heterocycles. The van der Waals surface area contributed by atoms with Gasteiger partial charge in [0.2, 0.25) is 5.13 Å². The average molecular weight is 498 g/mol. The molecular weight excluding hydrogens is 466 g/mol. The number of benzene rings is 2. The van der Waals surface area contributed by atoms with Crippen molar-refractivity contribution in [3.05, 3.63) is 59.4 Å². The Labute approximate surface area is 209 Å². The molecule has 0 spiro atoms. The molecule has 4 rings (SSSR count). The molecule has 3 aromatic rings. The van der Waals surface area contributed by atoms with Crippen molar-refractivity contribution in [2.24, 2.45) is 0 Å². The van der Waals surface area contributed by atoms with Crippen LogP contribution in [0.15, 0.2) is 42.5 Å². The van der Waals surface area contributed by atoms with Gasteiger partial charge in [0.15, 0.2) is 0 Å². The second-order valence-corrected chi connectivity index (χ2v) is 8.90. The SMILES string of the molecule is COc1cccc(Cc2nsc(N3CCN(CCNC(=O)c4ccc(OC)cc4OC)CC3)n2)c1. The number of piperazine rings is 1. The van der Waals surface area contributed by atoms with Gasteiger partial charge < -0.3 is 24.4 Å². The van der Waals surface area contributed by atoms with Crippen molar-refractivity contribution >= 4 is 22.6 Å². The van der Waals surface area contributed by atoms with Crippen molar-refractivity contribution in [1.29, 1.82) is 0 Å². The highest BCUT2D eigenvalue weighted by atomic mass is 32.1. The molecule has 0 saturated carbocycles. The van der Waals surface area contributed by atoms with E-state index in [1.165, 1.54) is 11.5 Å². The molecule has 1 aromatic heterocycles. The van der Waals surface area contributed by atoms with Crippen molar-refractivity contribution < 1.29 is 19.0 Å². The van der Waals surface area contributed by atoms with Gasteiger partial charge in [-0.3, -0.25) is 9.69 Å². The molecule has 186 valence electrons. The Kier molecular flexibility index (Phi) is 8.38. The van der Waals surface area contributed by atoms with Gasteiger partial charge in [-0.25, -0.2) is 4.98 Å². The smallest absolute Gasteiger partial charge is 0.255 e. The molecule has 0 aliphatic carbocycles. The molecule has 1 amide bonds. The van der Waals surface area contributed by atoms with Gasteiger partial charge >= 0.3 is 0 Å². The summed E-state index contributed by atoms with van der Waals surface area (Å²) >= 11 is 1.45. The summed E-state index contributed by atoms with van der Waals surface area (Å²) in [5, 5.41) is 3.95. The van der Waals surface area contributed by atoms with E-state index in [2.05, 4.69) is 25.6 Å². The van der Waals surface area contributed by atoms with Gasteiger partial charge in [0.05, 0.1) is 26.9 Å². The van der Waals surface area contributed by atoms with Gasteiger partial charge in [-0.2, -0.15) is 4.37 Å². The lowest BCUT2D eigenvalue weighted by molar-refractivity contribution is 0.0944. The number of rotatable bonds is 10. The Morgan fingerprint density at radius 1 is 1.00 bits per heavy atom. The number of hydrogen-bond donors (Lipinski definition) is 1. The lowest BCUT2D eigenvalue weighted by Crippen LogP contribution is -2.48. The maximum absolute atomic E-state index is 12.6. The maximum Gasteiger partial charge on any atom is 0.255 e. The third-order valence-corrected chi connectivity index (χ3v) is 6.78. The van der Waals surface area contributed by atoms with E-state index >= 15 is 0 Å². The average Bonchev–Trinajstić information content (AvgIpc) is 3.37. The first-order valence-electron chi connectivity index (χ1n) is 11.5. The topological polar surface area (TPSA) is 89.1 Å². The van der Waals surface area contributed by atoms with Crippen LogP contribution in [0.3, 0.4) is 0 Å². The van der Waals surface area contributed by atoms with Crippen molar-refractivity contribution in [1.82, 2.24) is 19.6 Å². The van der Waals surface area contributed by atoms with Crippen LogP contribution in [0.1, 0.15) is 21.7 Å². The lowest BCUT2D eigenvalue weighted by Gasteiger charge is -2.34. The second kappa shape index (κ2) is 11.9. The fraction of sp³-hybridized carbons (Fsp3) is 0.400. The molecule has 35 heavy (non-hydrogen) atoms. The number of methoxy groups -OCH3 is 3. The van der Waals surface area contributed by atoms with E-state index in [9.17, 15) is 4.79 Å². The fourth-order valence-corrected chi connectivity index (χ4v) is 4.72. The minimum absolute atomic E-state index is 0.152. The Morgan fingerprint density at radius 3 is 2.51 bits per heavy atom. The van der Waals surface area contributed by atoms with E-state index in [0.717, 1.165) is 55.0 Å². The van der Waals surface area contributed by atoms with E-state index in [1.807, 2.05) is 18.2 Å². The molecule has 0 bridgehead atoms. The fourth-order valence-electron chi connectivity index (χ4n) is 3.98. The van der Waals surface area contributed by atoms with E-state index in [4.69, 9.17) is 19.2 Å². The van der Waals surface area contributed by atoms with Crippen molar-refractivity contribution in [2.45, 2.75) is 6.42 Å². The number of nitrogens with zero attached hydrogens (tertiary/aromatic N) is 4. The van der Waals surface area contributed by atoms with Crippen LogP contribution in [-0.4, -0.2) is 80.8 Å². The molecule has 1 saturated heterocycles. The van der Waals surface area contributed by atoms with Crippen LogP contribution in [-0.2, 0) is 6.42 Å². The Balaban J connectivity index is 1.22. The molecule has 1 fully saturated rings. The summed E-state index contributed by atoms with van der Waals surface area (Å²) in [7, 11) is 4.80. The number of anilines is 1. The summed E-state index contributed by atoms with van der Waals surface area (Å²) in [5.41, 5.74) is 1.63. The van der Waals surface area contributed by atoms with Gasteiger partial charge in [0, 0.05) is 63.3 Å². The standard InChI is InChI=1S/C25H31N5O4S/c1-32-19-6-4-5-18(15-19)16-23-27-25(35-28-23)30-13-11-29(12-14-30)10-9-26-24(31)21-8-7-20(33-2)17-22(21)34-3/h4-8,15,17H,9-14,16H2,1-3H3,(H,26,31). The molecule has 10 heteroatoms. The van der Waals surface area contributed by atoms with Gasteiger partial charge in [-0.05, 0) is 29.8 Å². The largest absolute Gasteiger partial charge is 0.497 e. The van der Waals surface area contributed by atoms with Crippen LogP contribution >= 0.6 is 11.5 Å². The van der Waals surface area contributed by atoms with E-state index < -0.39 is 0 Å². The number of hydrogen-bond acceptors (Lipinski definition) is 9. The van der Waals surface area contributed by atoms with Crippen LogP contribution in [0.4, 0.5) is 5.13 Å². The second-order valence-electron chi connectivity index (χ2n) is 8.17. The summed E-state index contributed by atoms with van der Waals surface area (Å²) in [6.07, 6.45) is 0.687. The van der Waals surface area contributed by atoms with Crippen molar-refractivity contribution in [3.63, 3.8) is 0 Å². The quantitative estimate of drug-likeness (QED) is 0.458. The molecule has 0 atom stereocenters. The predicted molar refractivity (Wildman–Crippen MR) is 136 cm³/mol. The zero-order valence-electron chi connectivity index (χ0n) is 20.3. The third-order valence-electron chi connectivity index (χ3n) is 5.96. The highest BCUT2D eigenvalue weighted by Crippen LogP contribution is 2.24. The normalized spacial score (nSPS) is 14.0. The van der Waals surface area contributed by atoms with E-state index in [0.29, 0.717) is 30.0 Å². The zero-order chi connectivity index (χ0) is 24.6. The summed E-state index contributed by atoms with van der Waals surface area (Å²) in [6.45, 7) is 4.94. The monoisotopic (exact) mass is 497 g/mol. The Bertz CT molecular complexity index is 1130. The number of ether oxygens (including phenoxy) is 3. The van der Waals surface area contributed by atoms with Crippen LogP contribution in [0, 0.1) is 0 Å². The predicted octanol–water partition coefficient (Wildman–Crippen LogP) is 2.71. The van der Waals surface area contributed by atoms with Gasteiger partial charge in [0.1, 0.15) is 23.1 Å². The summed E-state index contributed by atoms with van der Waals surface area (Å²) in [6, 6.07) is 13.2. The zero-order valence-corrected chi connectivity index (χ0v) is 21.1. The molecule has 2 aromatic carbocycles. The molecule has 0 radical (unpaired) electrons. The van der Waals surface area contributed by atoms with Crippen molar-refractivity contribution in [3.8, 4) is 17.2 Å². The number of carbonyl (C=O) groups excluding carboxylic acids is 1. The lowest BCUT2D eigenvalue weighted by atomic mass is 10.1. The first-order chi connectivity index (χ1) is 17.1. The first-order valence-corrected chi connectivity index (χ1v) is 12.3. The molecule has 1 N–H and O–H groups in total. The minimum atomic E-state index is -0.152. The summed E-state index contributed by atoms with van der Waals surface area (Å²) in [4.78, 5) is 22.0. The van der Waals surface area contributed by atoms with Crippen LogP contribution in [0.2, 0.25) is 0 Å². The molecule has 1 aliphatic rings. The summed E-state index contributed by atoms with van der Waals surface area (Å²) < 4.78 is 20.4. The molecule has 9 nitrogen and oxygen atoms in total. The molecule has 2 heterocycles. The van der Waals surface area contributed by atoms with Crippen LogP contribution in [0.5, 0.6) is 17.2 Å². The van der Waals surface area contributed by atoms with Crippen LogP contribution in [0.25, 0.3) is 0 Å². The Hall–Kier alpha value is -3.37. The van der Waals surface area contributed by atoms with Gasteiger partial charge in [-0.1, -0.05) is 12.1 Å². The highest BCUT2D eigenvalue weighted by Gasteiger charge is 2.20. The minimum Gasteiger partial charge on any atom is -0.497 e. The third kappa shape index (κ3) is 6.40. The molecule has 0 unspecified atom stereocenters. The van der Waals surface area contributed by atoms with E-state index in [-0.39, 0.29) is 5.91 Å². The van der Waals surface area contributed by atoms with Crippen LogP contribution < -0.4 is 24.4 Å². The Morgan fingerprint density at radius 2 is 1.77 bits per heavy atom. The highest BCUT2D eigenvalue weighted by molar-refractivity contribution is 7.09. The van der Waals surface area contributed by atoms with Gasteiger partial charge in [-0.15, -0.1) is 0 Å².